The normalized spacial score (nSPS) is 11.9. The van der Waals surface area contributed by atoms with Crippen LogP contribution in [0.2, 0.25) is 0 Å². The Labute approximate surface area is 212 Å². The average molecular weight is 511 g/mol. The number of aryl methyl sites for hydroxylation is 1. The molecule has 0 saturated heterocycles. The molecule has 0 aliphatic carbocycles. The Morgan fingerprint density at radius 1 is 1.17 bits per heavy atom. The molecule has 188 valence electrons. The lowest BCUT2D eigenvalue weighted by Gasteiger charge is -2.13. The minimum absolute atomic E-state index is 0.0952. The second-order valence-electron chi connectivity index (χ2n) is 8.31. The second kappa shape index (κ2) is 11.8. The predicted octanol–water partition coefficient (Wildman–Crippen LogP) is 6.61. The lowest BCUT2D eigenvalue weighted by Crippen LogP contribution is -2.08. The van der Waals surface area contributed by atoms with Gasteiger partial charge in [0.2, 0.25) is 0 Å². The van der Waals surface area contributed by atoms with Crippen LogP contribution >= 0.6 is 11.3 Å². The van der Waals surface area contributed by atoms with Crippen LogP contribution in [0.15, 0.2) is 59.3 Å². The number of carbonyl (C=O) groups is 1. The van der Waals surface area contributed by atoms with E-state index < -0.39 is 17.7 Å². The molecule has 0 amide bonds. The fraction of sp³-hybridized carbons (Fsp3) is 0.296. The van der Waals surface area contributed by atoms with Crippen LogP contribution in [0.1, 0.15) is 53.9 Å². The summed E-state index contributed by atoms with van der Waals surface area (Å²) >= 11 is 1.45. The number of unbranched alkanes of at least 4 members (excludes halogenated alkanes) is 1. The van der Waals surface area contributed by atoms with Crippen molar-refractivity contribution in [3.05, 3.63) is 82.4 Å². The fourth-order valence-corrected chi connectivity index (χ4v) is 4.65. The van der Waals surface area contributed by atoms with Crippen molar-refractivity contribution in [2.24, 2.45) is 0 Å². The molecule has 0 radical (unpaired) electrons. The predicted molar refractivity (Wildman–Crippen MR) is 134 cm³/mol. The molecule has 0 bridgehead atoms. The molecular weight excluding hydrogens is 483 g/mol. The highest BCUT2D eigenvalue weighted by Gasteiger charge is 2.21. The van der Waals surface area contributed by atoms with E-state index in [-0.39, 0.29) is 12.2 Å². The van der Waals surface area contributed by atoms with Crippen molar-refractivity contribution in [1.29, 1.82) is 0 Å². The first-order chi connectivity index (χ1) is 17.4. The number of thiazole rings is 1. The smallest absolute Gasteiger partial charge is 0.304 e. The van der Waals surface area contributed by atoms with Gasteiger partial charge in [0, 0.05) is 17.5 Å². The topological polar surface area (TPSA) is 94.7 Å². The lowest BCUT2D eigenvalue weighted by atomic mass is 9.92. The zero-order valence-electron chi connectivity index (χ0n) is 20.1. The molecule has 4 rings (SSSR count). The molecule has 2 heterocycles. The summed E-state index contributed by atoms with van der Waals surface area (Å²) in [6.07, 6.45) is 3.20. The van der Waals surface area contributed by atoms with Crippen LogP contribution < -0.4 is 9.47 Å². The molecule has 1 N–H and O–H groups in total. The number of rotatable bonds is 12. The van der Waals surface area contributed by atoms with E-state index in [2.05, 4.69) is 17.1 Å². The number of carboxylic acid groups (broad SMARTS) is 1. The van der Waals surface area contributed by atoms with Crippen molar-refractivity contribution < 1.29 is 28.3 Å². The number of carboxylic acids is 1. The molecule has 0 unspecified atom stereocenters. The van der Waals surface area contributed by atoms with Crippen molar-refractivity contribution in [2.75, 3.05) is 6.61 Å². The molecule has 36 heavy (non-hydrogen) atoms. The number of hydrogen-bond donors (Lipinski definition) is 1. The third-order valence-electron chi connectivity index (χ3n) is 5.67. The van der Waals surface area contributed by atoms with Crippen molar-refractivity contribution in [1.82, 2.24) is 10.1 Å². The Kier molecular flexibility index (Phi) is 8.32. The SMILES string of the molecule is CCCCOc1ccc(-c2nc(C)c(COc3ccc([C@H](CC(=O)O)c4ccon4)cc3)s2)cc1F. The number of aliphatic carboxylic acids is 1. The van der Waals surface area contributed by atoms with Gasteiger partial charge in [-0.05, 0) is 49.2 Å². The van der Waals surface area contributed by atoms with Gasteiger partial charge in [-0.25, -0.2) is 9.37 Å². The Morgan fingerprint density at radius 3 is 2.64 bits per heavy atom. The van der Waals surface area contributed by atoms with Gasteiger partial charge in [-0.15, -0.1) is 11.3 Å². The van der Waals surface area contributed by atoms with E-state index in [1.54, 1.807) is 24.3 Å². The molecule has 0 saturated carbocycles. The summed E-state index contributed by atoms with van der Waals surface area (Å²) < 4.78 is 30.8. The van der Waals surface area contributed by atoms with Gasteiger partial charge in [-0.2, -0.15) is 0 Å². The highest BCUT2D eigenvalue weighted by molar-refractivity contribution is 7.15. The third kappa shape index (κ3) is 6.28. The van der Waals surface area contributed by atoms with E-state index in [9.17, 15) is 14.3 Å². The first-order valence-corrected chi connectivity index (χ1v) is 12.5. The van der Waals surface area contributed by atoms with E-state index >= 15 is 0 Å². The van der Waals surface area contributed by atoms with E-state index in [0.29, 0.717) is 35.2 Å². The maximum Gasteiger partial charge on any atom is 0.304 e. The van der Waals surface area contributed by atoms with Crippen LogP contribution in [0.5, 0.6) is 11.5 Å². The standard InChI is InChI=1S/C27H27FN2O5S/c1-3-4-12-33-24-10-7-19(14-22(24)28)27-29-17(2)25(36-27)16-34-20-8-5-18(6-9-20)21(15-26(31)32)23-11-13-35-30-23/h5-11,13-14,21H,3-4,12,15-16H2,1-2H3,(H,31,32)/t21-/m0/s1. The monoisotopic (exact) mass is 510 g/mol. The molecule has 7 nitrogen and oxygen atoms in total. The first-order valence-electron chi connectivity index (χ1n) is 11.7. The van der Waals surface area contributed by atoms with Gasteiger partial charge in [0.1, 0.15) is 23.6 Å². The van der Waals surface area contributed by atoms with Crippen LogP contribution in [0.3, 0.4) is 0 Å². The van der Waals surface area contributed by atoms with Crippen LogP contribution in [-0.2, 0) is 11.4 Å². The van der Waals surface area contributed by atoms with Gasteiger partial charge in [0.05, 0.1) is 29.3 Å². The van der Waals surface area contributed by atoms with E-state index in [1.165, 1.54) is 23.7 Å². The maximum atomic E-state index is 14.5. The lowest BCUT2D eigenvalue weighted by molar-refractivity contribution is -0.137. The van der Waals surface area contributed by atoms with Crippen molar-refractivity contribution >= 4 is 17.3 Å². The van der Waals surface area contributed by atoms with Crippen molar-refractivity contribution in [3.8, 4) is 22.1 Å². The van der Waals surface area contributed by atoms with Crippen LogP contribution in [0, 0.1) is 12.7 Å². The number of benzene rings is 2. The number of ether oxygens (including phenoxy) is 2. The molecule has 0 aliphatic heterocycles. The Balaban J connectivity index is 1.41. The largest absolute Gasteiger partial charge is 0.491 e. The van der Waals surface area contributed by atoms with E-state index in [1.807, 2.05) is 25.1 Å². The van der Waals surface area contributed by atoms with Crippen LogP contribution in [0.25, 0.3) is 10.6 Å². The summed E-state index contributed by atoms with van der Waals surface area (Å²) in [5.41, 5.74) is 2.88. The number of aromatic nitrogens is 2. The van der Waals surface area contributed by atoms with E-state index in [0.717, 1.165) is 29.0 Å². The van der Waals surface area contributed by atoms with Gasteiger partial charge in [-0.1, -0.05) is 30.6 Å². The molecule has 0 spiro atoms. The first kappa shape index (κ1) is 25.4. The number of nitrogens with zero attached hydrogens (tertiary/aromatic N) is 2. The zero-order chi connectivity index (χ0) is 25.5. The summed E-state index contributed by atoms with van der Waals surface area (Å²) in [6, 6.07) is 13.8. The minimum atomic E-state index is -0.918. The van der Waals surface area contributed by atoms with Gasteiger partial charge in [-0.3, -0.25) is 4.79 Å². The minimum Gasteiger partial charge on any atom is -0.491 e. The summed E-state index contributed by atoms with van der Waals surface area (Å²) in [6.45, 7) is 4.76. The molecule has 2 aromatic heterocycles. The molecule has 9 heteroatoms. The summed E-state index contributed by atoms with van der Waals surface area (Å²) in [5, 5.41) is 13.9. The maximum absolute atomic E-state index is 14.5. The molecule has 0 fully saturated rings. The molecule has 4 aromatic rings. The van der Waals surface area contributed by atoms with E-state index in [4.69, 9.17) is 14.0 Å². The Morgan fingerprint density at radius 2 is 1.97 bits per heavy atom. The zero-order valence-corrected chi connectivity index (χ0v) is 20.9. The van der Waals surface area contributed by atoms with Gasteiger partial charge in [0.25, 0.3) is 0 Å². The van der Waals surface area contributed by atoms with Crippen molar-refractivity contribution in [2.45, 2.75) is 45.6 Å². The molecule has 2 aromatic carbocycles. The number of hydrogen-bond acceptors (Lipinski definition) is 7. The van der Waals surface area contributed by atoms with Crippen molar-refractivity contribution in [3.63, 3.8) is 0 Å². The van der Waals surface area contributed by atoms with Crippen LogP contribution in [-0.4, -0.2) is 27.8 Å². The van der Waals surface area contributed by atoms with Gasteiger partial charge < -0.3 is 19.1 Å². The number of halogens is 1. The quantitative estimate of drug-likeness (QED) is 0.214. The van der Waals surface area contributed by atoms with Gasteiger partial charge >= 0.3 is 5.97 Å². The Hall–Kier alpha value is -3.72. The Bertz CT molecular complexity index is 1290. The highest BCUT2D eigenvalue weighted by atomic mass is 32.1. The molecule has 0 aliphatic rings. The van der Waals surface area contributed by atoms with Gasteiger partial charge in [0.15, 0.2) is 11.6 Å². The fourth-order valence-electron chi connectivity index (χ4n) is 3.68. The van der Waals surface area contributed by atoms with Crippen LogP contribution in [0.4, 0.5) is 4.39 Å². The summed E-state index contributed by atoms with van der Waals surface area (Å²) in [4.78, 5) is 16.8. The summed E-state index contributed by atoms with van der Waals surface area (Å²) in [7, 11) is 0. The second-order valence-corrected chi connectivity index (χ2v) is 9.39. The average Bonchev–Trinajstić information content (AvgIpc) is 3.53. The molecular formula is C27H27FN2O5S. The molecule has 1 atom stereocenters. The highest BCUT2D eigenvalue weighted by Crippen LogP contribution is 2.32. The summed E-state index contributed by atoms with van der Waals surface area (Å²) in [5.74, 6) is -0.839. The third-order valence-corrected chi connectivity index (χ3v) is 6.85.